The van der Waals surface area contributed by atoms with E-state index in [-0.39, 0.29) is 16.1 Å². The van der Waals surface area contributed by atoms with Crippen molar-refractivity contribution in [3.8, 4) is 5.75 Å². The number of hydrogen-bond donors (Lipinski definition) is 1. The number of nitrogens with zero attached hydrogens (tertiary/aromatic N) is 1. The Morgan fingerprint density at radius 2 is 2.00 bits per heavy atom. The maximum atomic E-state index is 12.7. The molecule has 1 aliphatic rings. The molecule has 1 aromatic carbocycles. The number of hydrogen-bond acceptors (Lipinski definition) is 5. The number of thioether (sulfide) groups is 1. The first-order valence-corrected chi connectivity index (χ1v) is 9.80. The summed E-state index contributed by atoms with van der Waals surface area (Å²) in [6.07, 6.45) is 3.81. The molecule has 1 amide bonds. The predicted molar refractivity (Wildman–Crippen MR) is 108 cm³/mol. The number of amides is 1. The van der Waals surface area contributed by atoms with Crippen molar-refractivity contribution in [2.45, 2.75) is 39.7 Å². The van der Waals surface area contributed by atoms with Gasteiger partial charge in [0, 0.05) is 0 Å². The van der Waals surface area contributed by atoms with Crippen LogP contribution in [0.25, 0.3) is 6.08 Å². The molecule has 0 aliphatic carbocycles. The van der Waals surface area contributed by atoms with E-state index in [1.807, 2.05) is 24.3 Å². The molecule has 1 saturated heterocycles. The summed E-state index contributed by atoms with van der Waals surface area (Å²) in [5, 5.41) is 9.44. The maximum Gasteiger partial charge on any atom is 0.327 e. The van der Waals surface area contributed by atoms with E-state index in [2.05, 4.69) is 6.92 Å². The highest BCUT2D eigenvalue weighted by Crippen LogP contribution is 2.35. The summed E-state index contributed by atoms with van der Waals surface area (Å²) < 4.78 is 5.90. The van der Waals surface area contributed by atoms with Crippen LogP contribution in [0, 0.1) is 5.92 Å². The Balaban J connectivity index is 2.15. The number of thiocarbonyl (C=S) groups is 1. The van der Waals surface area contributed by atoms with Crippen LogP contribution < -0.4 is 4.74 Å². The summed E-state index contributed by atoms with van der Waals surface area (Å²) in [6.45, 7) is 6.31. The molecule has 2 rings (SSSR count). The quantitative estimate of drug-likeness (QED) is 0.406. The second-order valence-electron chi connectivity index (χ2n) is 6.35. The molecule has 1 N–H and O–H groups in total. The van der Waals surface area contributed by atoms with Gasteiger partial charge in [-0.2, -0.15) is 0 Å². The third-order valence-electron chi connectivity index (χ3n) is 3.93. The average Bonchev–Trinajstić information content (AvgIpc) is 2.84. The standard InChI is InChI=1S/C19H23NO4S2/c1-4-5-10-24-14-8-6-13(7-9-14)11-15-17(21)20(19(25)26-15)16(12(2)3)18(22)23/h6-9,11-12,16H,4-5,10H2,1-3H3,(H,22,23)/b15-11-/t16-/m0/s1. The van der Waals surface area contributed by atoms with Gasteiger partial charge in [0.15, 0.2) is 0 Å². The average molecular weight is 394 g/mol. The van der Waals surface area contributed by atoms with Crippen LogP contribution in [0.15, 0.2) is 29.2 Å². The normalized spacial score (nSPS) is 17.2. The van der Waals surface area contributed by atoms with Gasteiger partial charge in [-0.3, -0.25) is 9.69 Å². The fourth-order valence-electron chi connectivity index (χ4n) is 2.56. The van der Waals surface area contributed by atoms with Crippen molar-refractivity contribution in [3.05, 3.63) is 34.7 Å². The largest absolute Gasteiger partial charge is 0.494 e. The molecule has 5 nitrogen and oxygen atoms in total. The Bertz CT molecular complexity index is 713. The van der Waals surface area contributed by atoms with Crippen molar-refractivity contribution < 1.29 is 19.4 Å². The summed E-state index contributed by atoms with van der Waals surface area (Å²) >= 11 is 6.38. The number of carbonyl (C=O) groups is 2. The lowest BCUT2D eigenvalue weighted by atomic mass is 10.0. The molecule has 140 valence electrons. The topological polar surface area (TPSA) is 66.8 Å². The Morgan fingerprint density at radius 1 is 1.35 bits per heavy atom. The molecule has 1 aromatic rings. The minimum absolute atomic E-state index is 0.242. The molecule has 0 aromatic heterocycles. The van der Waals surface area contributed by atoms with Gasteiger partial charge in [0.1, 0.15) is 16.1 Å². The molecule has 1 atom stereocenters. The SMILES string of the molecule is CCCCOc1ccc(/C=C2\SC(=S)N([C@H](C(=O)O)C(C)C)C2=O)cc1. The number of aliphatic carboxylic acids is 1. The minimum Gasteiger partial charge on any atom is -0.494 e. The number of benzene rings is 1. The lowest BCUT2D eigenvalue weighted by Gasteiger charge is -2.26. The lowest BCUT2D eigenvalue weighted by Crippen LogP contribution is -2.47. The maximum absolute atomic E-state index is 12.7. The smallest absolute Gasteiger partial charge is 0.327 e. The van der Waals surface area contributed by atoms with Crippen LogP contribution in [-0.2, 0) is 9.59 Å². The first kappa shape index (κ1) is 20.5. The molecule has 0 unspecified atom stereocenters. The van der Waals surface area contributed by atoms with Crippen LogP contribution >= 0.6 is 24.0 Å². The summed E-state index contributed by atoms with van der Waals surface area (Å²) in [5.41, 5.74) is 0.838. The van der Waals surface area contributed by atoms with E-state index in [9.17, 15) is 14.7 Å². The van der Waals surface area contributed by atoms with Gasteiger partial charge in [-0.25, -0.2) is 4.79 Å². The molecular weight excluding hydrogens is 370 g/mol. The van der Waals surface area contributed by atoms with Gasteiger partial charge in [-0.15, -0.1) is 0 Å². The Hall–Kier alpha value is -1.86. The van der Waals surface area contributed by atoms with Crippen LogP contribution in [0.4, 0.5) is 0 Å². The van der Waals surface area contributed by atoms with E-state index >= 15 is 0 Å². The first-order valence-electron chi connectivity index (χ1n) is 8.57. The van der Waals surface area contributed by atoms with Gasteiger partial charge < -0.3 is 9.84 Å². The van der Waals surface area contributed by atoms with E-state index < -0.39 is 12.0 Å². The van der Waals surface area contributed by atoms with E-state index in [0.717, 1.165) is 35.9 Å². The molecule has 26 heavy (non-hydrogen) atoms. The van der Waals surface area contributed by atoms with Crippen molar-refractivity contribution >= 4 is 46.3 Å². The van der Waals surface area contributed by atoms with Gasteiger partial charge in [-0.1, -0.05) is 63.3 Å². The molecule has 1 fully saturated rings. The van der Waals surface area contributed by atoms with E-state index in [1.165, 1.54) is 4.90 Å². The van der Waals surface area contributed by atoms with Crippen LogP contribution in [0.3, 0.4) is 0 Å². The minimum atomic E-state index is -1.05. The molecule has 0 saturated carbocycles. The number of unbranched alkanes of at least 4 members (excludes halogenated alkanes) is 1. The molecule has 7 heteroatoms. The highest BCUT2D eigenvalue weighted by Gasteiger charge is 2.41. The zero-order valence-corrected chi connectivity index (χ0v) is 16.7. The van der Waals surface area contributed by atoms with Crippen molar-refractivity contribution in [3.63, 3.8) is 0 Å². The first-order chi connectivity index (χ1) is 12.3. The Kier molecular flexibility index (Phi) is 7.23. The number of ether oxygens (including phenoxy) is 1. The number of rotatable bonds is 8. The molecule has 0 radical (unpaired) electrons. The molecular formula is C19H23NO4S2. The van der Waals surface area contributed by atoms with Gasteiger partial charge in [0.2, 0.25) is 0 Å². The van der Waals surface area contributed by atoms with Crippen LogP contribution in [-0.4, -0.2) is 38.9 Å². The molecule has 0 spiro atoms. The number of carboxylic acid groups (broad SMARTS) is 1. The van der Waals surface area contributed by atoms with Gasteiger partial charge in [0.05, 0.1) is 11.5 Å². The zero-order chi connectivity index (χ0) is 19.3. The molecule has 0 bridgehead atoms. The van der Waals surface area contributed by atoms with E-state index in [1.54, 1.807) is 19.9 Å². The summed E-state index contributed by atoms with van der Waals surface area (Å²) in [5.74, 6) is -0.863. The lowest BCUT2D eigenvalue weighted by molar-refractivity contribution is -0.146. The van der Waals surface area contributed by atoms with E-state index in [4.69, 9.17) is 17.0 Å². The predicted octanol–water partition coefficient (Wildman–Crippen LogP) is 4.18. The van der Waals surface area contributed by atoms with Gasteiger partial charge in [0.25, 0.3) is 5.91 Å². The van der Waals surface area contributed by atoms with Crippen molar-refractivity contribution in [2.75, 3.05) is 6.61 Å². The highest BCUT2D eigenvalue weighted by molar-refractivity contribution is 8.26. The van der Waals surface area contributed by atoms with Crippen molar-refractivity contribution in [1.29, 1.82) is 0 Å². The summed E-state index contributed by atoms with van der Waals surface area (Å²) in [7, 11) is 0. The monoisotopic (exact) mass is 393 g/mol. The Labute approximate surface area is 163 Å². The third kappa shape index (κ3) is 4.86. The second-order valence-corrected chi connectivity index (χ2v) is 8.03. The summed E-state index contributed by atoms with van der Waals surface area (Å²) in [6, 6.07) is 6.49. The second kappa shape index (κ2) is 9.19. The van der Waals surface area contributed by atoms with Crippen molar-refractivity contribution in [2.24, 2.45) is 5.92 Å². The zero-order valence-electron chi connectivity index (χ0n) is 15.1. The fraction of sp³-hybridized carbons (Fsp3) is 0.421. The number of carbonyl (C=O) groups excluding carboxylic acids is 1. The van der Waals surface area contributed by atoms with Crippen molar-refractivity contribution in [1.82, 2.24) is 4.90 Å². The van der Waals surface area contributed by atoms with E-state index in [0.29, 0.717) is 11.5 Å². The van der Waals surface area contributed by atoms with Crippen LogP contribution in [0.2, 0.25) is 0 Å². The highest BCUT2D eigenvalue weighted by atomic mass is 32.2. The van der Waals surface area contributed by atoms with Crippen LogP contribution in [0.5, 0.6) is 5.75 Å². The van der Waals surface area contributed by atoms with Crippen LogP contribution in [0.1, 0.15) is 39.2 Å². The Morgan fingerprint density at radius 3 is 2.54 bits per heavy atom. The number of carboxylic acids is 1. The fourth-order valence-corrected chi connectivity index (χ4v) is 3.89. The molecule has 1 aliphatic heterocycles. The van der Waals surface area contributed by atoms with Gasteiger partial charge >= 0.3 is 5.97 Å². The third-order valence-corrected chi connectivity index (χ3v) is 5.26. The van der Waals surface area contributed by atoms with Gasteiger partial charge in [-0.05, 0) is 36.1 Å². The summed E-state index contributed by atoms with van der Waals surface area (Å²) in [4.78, 5) is 25.8. The molecule has 1 heterocycles.